The number of thiocarbonyl (C=S) groups is 1. The third-order valence-electron chi connectivity index (χ3n) is 1.53. The number of hydrogen-bond acceptors (Lipinski definition) is 3. The lowest BCUT2D eigenvalue weighted by molar-refractivity contribution is 0.239. The molecule has 0 aliphatic heterocycles. The zero-order chi connectivity index (χ0) is 11.3. The van der Waals surface area contributed by atoms with E-state index >= 15 is 0 Å². The van der Waals surface area contributed by atoms with Crippen LogP contribution in [0.1, 0.15) is 5.56 Å². The van der Waals surface area contributed by atoms with Gasteiger partial charge in [-0.05, 0) is 12.1 Å². The molecule has 0 aliphatic rings. The van der Waals surface area contributed by atoms with E-state index in [2.05, 4.69) is 10.9 Å². The third kappa shape index (κ3) is 3.70. The number of halogens is 1. The molecule has 0 radical (unpaired) electrons. The summed E-state index contributed by atoms with van der Waals surface area (Å²) in [6.07, 6.45) is 0. The summed E-state index contributed by atoms with van der Waals surface area (Å²) in [4.78, 5) is 11.1. The molecule has 1 rings (SSSR count). The number of carbonyl (C=O) groups is 1. The van der Waals surface area contributed by atoms with E-state index in [-0.39, 0.29) is 0 Å². The van der Waals surface area contributed by atoms with Crippen LogP contribution < -0.4 is 22.1 Å². The fraction of sp³-hybridized carbons (Fsp3) is 0. The molecule has 0 bridgehead atoms. The summed E-state index contributed by atoms with van der Waals surface area (Å²) in [5.41, 5.74) is 7.39. The Morgan fingerprint density at radius 1 is 1.27 bits per heavy atom. The Morgan fingerprint density at radius 2 is 1.87 bits per heavy atom. The minimum atomic E-state index is -0.577. The van der Waals surface area contributed by atoms with Crippen LogP contribution in [0.5, 0.6) is 0 Å². The number of carbonyl (C=O) groups excluding carboxylic acids is 1. The van der Waals surface area contributed by atoms with Crippen LogP contribution in [0.3, 0.4) is 0 Å². The van der Waals surface area contributed by atoms with E-state index in [0.29, 0.717) is 10.0 Å². The lowest BCUT2D eigenvalue weighted by Gasteiger charge is -2.08. The average molecular weight is 245 g/mol. The number of rotatable bonds is 1. The van der Waals surface area contributed by atoms with E-state index in [9.17, 15) is 4.79 Å². The van der Waals surface area contributed by atoms with Crippen molar-refractivity contribution in [1.82, 2.24) is 16.3 Å². The van der Waals surface area contributed by atoms with Gasteiger partial charge in [-0.3, -0.25) is 10.9 Å². The maximum absolute atomic E-state index is 10.7. The minimum Gasteiger partial charge on any atom is -0.286 e. The Bertz CT molecular complexity index is 367. The van der Waals surface area contributed by atoms with E-state index in [1.807, 2.05) is 5.43 Å². The van der Waals surface area contributed by atoms with Crippen molar-refractivity contribution in [3.8, 4) is 0 Å². The number of amides is 2. The highest BCUT2D eigenvalue weighted by Crippen LogP contribution is 2.09. The molecule has 1 aromatic carbocycles. The number of urea groups is 1. The summed E-state index contributed by atoms with van der Waals surface area (Å²) in [5.74, 6) is 4.85. The number of hydrogen-bond donors (Lipinski definition) is 4. The summed E-state index contributed by atoms with van der Waals surface area (Å²) in [7, 11) is 0. The molecule has 2 amide bonds. The van der Waals surface area contributed by atoms with Gasteiger partial charge >= 0.3 is 6.03 Å². The highest BCUT2D eigenvalue weighted by atomic mass is 35.5. The highest BCUT2D eigenvalue weighted by molar-refractivity contribution is 7.80. The second-order valence-electron chi connectivity index (χ2n) is 2.56. The van der Waals surface area contributed by atoms with Crippen molar-refractivity contribution < 1.29 is 4.79 Å². The Balaban J connectivity index is 2.54. The summed E-state index contributed by atoms with van der Waals surface area (Å²) in [6.45, 7) is 0. The molecule has 0 unspecified atom stereocenters. The molecule has 0 spiro atoms. The molecule has 0 aromatic heterocycles. The lowest BCUT2D eigenvalue weighted by Crippen LogP contribution is -2.48. The molecular formula is C8H9ClN4OS. The summed E-state index contributed by atoms with van der Waals surface area (Å²) in [6, 6.07) is 6.30. The van der Waals surface area contributed by atoms with Crippen LogP contribution in [0, 0.1) is 0 Å². The van der Waals surface area contributed by atoms with Crippen molar-refractivity contribution in [1.29, 1.82) is 0 Å². The Morgan fingerprint density at radius 3 is 2.40 bits per heavy atom. The zero-order valence-corrected chi connectivity index (χ0v) is 9.15. The van der Waals surface area contributed by atoms with Crippen molar-refractivity contribution in [3.63, 3.8) is 0 Å². The van der Waals surface area contributed by atoms with Crippen LogP contribution in [-0.4, -0.2) is 11.0 Å². The fourth-order valence-corrected chi connectivity index (χ4v) is 1.14. The third-order valence-corrected chi connectivity index (χ3v) is 2.12. The Hall–Kier alpha value is -1.37. The molecule has 0 saturated carbocycles. The number of benzene rings is 1. The monoisotopic (exact) mass is 244 g/mol. The second-order valence-corrected chi connectivity index (χ2v) is 3.40. The van der Waals surface area contributed by atoms with Crippen LogP contribution >= 0.6 is 23.8 Å². The first-order valence-corrected chi connectivity index (χ1v) is 4.74. The summed E-state index contributed by atoms with van der Waals surface area (Å²) >= 11 is 10.7. The van der Waals surface area contributed by atoms with Crippen LogP contribution in [0.25, 0.3) is 0 Å². The maximum Gasteiger partial charge on any atom is 0.347 e. The molecule has 0 saturated heterocycles. The van der Waals surface area contributed by atoms with Crippen LogP contribution in [0.15, 0.2) is 24.3 Å². The Kier molecular flexibility index (Phi) is 4.29. The molecule has 0 aliphatic carbocycles. The SMILES string of the molecule is NNC(=O)NNC(=S)c1ccc(Cl)cc1. The summed E-state index contributed by atoms with van der Waals surface area (Å²) < 4.78 is 0. The van der Waals surface area contributed by atoms with Crippen molar-refractivity contribution in [3.05, 3.63) is 34.9 Å². The second kappa shape index (κ2) is 5.50. The maximum atomic E-state index is 10.7. The molecule has 1 aromatic rings. The quantitative estimate of drug-likeness (QED) is 0.254. The van der Waals surface area contributed by atoms with Gasteiger partial charge in [-0.25, -0.2) is 16.1 Å². The van der Waals surface area contributed by atoms with Gasteiger partial charge in [-0.15, -0.1) is 0 Å². The topological polar surface area (TPSA) is 79.2 Å². The van der Waals surface area contributed by atoms with Gasteiger partial charge in [0.25, 0.3) is 0 Å². The molecule has 0 fully saturated rings. The predicted octanol–water partition coefficient (Wildman–Crippen LogP) is 0.693. The fourth-order valence-electron chi connectivity index (χ4n) is 0.823. The van der Waals surface area contributed by atoms with Crippen LogP contribution in [-0.2, 0) is 0 Å². The average Bonchev–Trinajstić information content (AvgIpc) is 2.26. The van der Waals surface area contributed by atoms with E-state index in [1.54, 1.807) is 24.3 Å². The smallest absolute Gasteiger partial charge is 0.286 e. The minimum absolute atomic E-state index is 0.371. The van der Waals surface area contributed by atoms with Crippen LogP contribution in [0.4, 0.5) is 4.79 Å². The predicted molar refractivity (Wildman–Crippen MR) is 62.1 cm³/mol. The number of hydrazine groups is 2. The first-order chi connectivity index (χ1) is 7.13. The number of nitrogens with one attached hydrogen (secondary N) is 3. The molecule has 7 heteroatoms. The van der Waals surface area contributed by atoms with Gasteiger partial charge in [0, 0.05) is 10.6 Å². The Labute approximate surface area is 96.9 Å². The molecule has 15 heavy (non-hydrogen) atoms. The van der Waals surface area contributed by atoms with Crippen molar-refractivity contribution in [2.75, 3.05) is 0 Å². The van der Waals surface area contributed by atoms with Crippen molar-refractivity contribution in [2.24, 2.45) is 5.84 Å². The molecule has 80 valence electrons. The first-order valence-electron chi connectivity index (χ1n) is 3.96. The highest BCUT2D eigenvalue weighted by Gasteiger charge is 2.01. The van der Waals surface area contributed by atoms with Crippen molar-refractivity contribution >= 4 is 34.8 Å². The van der Waals surface area contributed by atoms with Crippen LogP contribution in [0.2, 0.25) is 5.02 Å². The lowest BCUT2D eigenvalue weighted by atomic mass is 10.2. The van der Waals surface area contributed by atoms with E-state index in [4.69, 9.17) is 29.7 Å². The van der Waals surface area contributed by atoms with Gasteiger partial charge < -0.3 is 0 Å². The molecule has 0 heterocycles. The normalized spacial score (nSPS) is 9.20. The van der Waals surface area contributed by atoms with E-state index in [1.165, 1.54) is 0 Å². The van der Waals surface area contributed by atoms with Gasteiger partial charge in [0.05, 0.1) is 0 Å². The summed E-state index contributed by atoms with van der Waals surface area (Å²) in [5, 5.41) is 0.620. The van der Waals surface area contributed by atoms with Gasteiger partial charge in [-0.2, -0.15) is 0 Å². The number of nitrogens with two attached hydrogens (primary N) is 1. The van der Waals surface area contributed by atoms with E-state index in [0.717, 1.165) is 5.56 Å². The molecule has 5 N–H and O–H groups in total. The van der Waals surface area contributed by atoms with Gasteiger partial charge in [0.15, 0.2) is 0 Å². The van der Waals surface area contributed by atoms with Gasteiger partial charge in [0.1, 0.15) is 4.99 Å². The van der Waals surface area contributed by atoms with Crippen molar-refractivity contribution in [2.45, 2.75) is 0 Å². The molecular weight excluding hydrogens is 236 g/mol. The largest absolute Gasteiger partial charge is 0.347 e. The zero-order valence-electron chi connectivity index (χ0n) is 7.58. The van der Waals surface area contributed by atoms with Gasteiger partial charge in [0.2, 0.25) is 0 Å². The standard InChI is InChI=1S/C8H9ClN4OS/c9-6-3-1-5(2-4-6)7(15)12-13-8(14)11-10/h1-4H,10H2,(H,12,15)(H2,11,13,14). The molecule has 5 nitrogen and oxygen atoms in total. The molecule has 0 atom stereocenters. The van der Waals surface area contributed by atoms with Gasteiger partial charge in [-0.1, -0.05) is 36.0 Å². The van der Waals surface area contributed by atoms with E-state index < -0.39 is 6.03 Å². The first kappa shape index (κ1) is 11.7.